The average Bonchev–Trinajstić information content (AvgIpc) is 3.42. The van der Waals surface area contributed by atoms with Crippen LogP contribution in [0.5, 0.6) is 5.75 Å². The number of ether oxygens (including phenoxy) is 1. The van der Waals surface area contributed by atoms with Gasteiger partial charge in [-0.25, -0.2) is 14.5 Å². The van der Waals surface area contributed by atoms with Crippen molar-refractivity contribution in [2.45, 2.75) is 39.5 Å². The van der Waals surface area contributed by atoms with Gasteiger partial charge < -0.3 is 20.7 Å². The third-order valence-electron chi connectivity index (χ3n) is 6.19. The van der Waals surface area contributed by atoms with Crippen LogP contribution in [0.1, 0.15) is 30.0 Å². The lowest BCUT2D eigenvalue weighted by Gasteiger charge is -2.15. The lowest BCUT2D eigenvalue weighted by Crippen LogP contribution is -2.39. The lowest BCUT2D eigenvalue weighted by molar-refractivity contribution is -0.274. The predicted octanol–water partition coefficient (Wildman–Crippen LogP) is 6.01. The van der Waals surface area contributed by atoms with E-state index in [1.165, 1.54) is 40.8 Å². The summed E-state index contributed by atoms with van der Waals surface area (Å²) in [6, 6.07) is 19.1. The van der Waals surface area contributed by atoms with E-state index in [1.54, 1.807) is 0 Å². The SMILES string of the molecule is CCc1cccc(C)c1NCNC(=O)NCCCc1cccc(-c2ncn(-c3ccc(OC(F)(F)F)cc3)n2)c1. The molecular weight excluding hydrogens is 521 g/mol. The molecule has 3 N–H and O–H groups in total. The molecule has 0 aliphatic rings. The van der Waals surface area contributed by atoms with Crippen LogP contribution in [-0.4, -0.2) is 40.4 Å². The summed E-state index contributed by atoms with van der Waals surface area (Å²) in [6.45, 7) is 4.98. The van der Waals surface area contributed by atoms with E-state index in [1.807, 2.05) is 43.3 Å². The van der Waals surface area contributed by atoms with Crippen molar-refractivity contribution in [1.29, 1.82) is 0 Å². The maximum atomic E-state index is 12.4. The number of halogens is 3. The number of rotatable bonds is 11. The van der Waals surface area contributed by atoms with E-state index in [9.17, 15) is 18.0 Å². The predicted molar refractivity (Wildman–Crippen MR) is 147 cm³/mol. The van der Waals surface area contributed by atoms with Crippen molar-refractivity contribution in [3.63, 3.8) is 0 Å². The van der Waals surface area contributed by atoms with Gasteiger partial charge >= 0.3 is 12.4 Å². The fourth-order valence-electron chi connectivity index (χ4n) is 4.23. The van der Waals surface area contributed by atoms with Crippen LogP contribution < -0.4 is 20.7 Å². The molecule has 0 atom stereocenters. The number of alkyl halides is 3. The molecule has 0 bridgehead atoms. The number of hydrogen-bond acceptors (Lipinski definition) is 5. The second-order valence-corrected chi connectivity index (χ2v) is 9.11. The number of carbonyl (C=O) groups excluding carboxylic acids is 1. The molecule has 40 heavy (non-hydrogen) atoms. The highest BCUT2D eigenvalue weighted by Crippen LogP contribution is 2.24. The quantitative estimate of drug-likeness (QED) is 0.157. The van der Waals surface area contributed by atoms with E-state index in [0.717, 1.165) is 41.6 Å². The first kappa shape index (κ1) is 28.5. The van der Waals surface area contributed by atoms with Crippen LogP contribution in [0.4, 0.5) is 23.7 Å². The van der Waals surface area contributed by atoms with Crippen molar-refractivity contribution in [1.82, 2.24) is 25.4 Å². The van der Waals surface area contributed by atoms with Gasteiger partial charge in [0.05, 0.1) is 12.4 Å². The second-order valence-electron chi connectivity index (χ2n) is 9.11. The zero-order chi connectivity index (χ0) is 28.5. The van der Waals surface area contributed by atoms with Crippen LogP contribution in [0.2, 0.25) is 0 Å². The van der Waals surface area contributed by atoms with Gasteiger partial charge in [0.2, 0.25) is 0 Å². The Kier molecular flexibility index (Phi) is 9.26. The van der Waals surface area contributed by atoms with Crippen molar-refractivity contribution in [2.24, 2.45) is 0 Å². The summed E-state index contributed by atoms with van der Waals surface area (Å²) >= 11 is 0. The Bertz CT molecular complexity index is 1420. The van der Waals surface area contributed by atoms with Gasteiger partial charge in [-0.2, -0.15) is 0 Å². The van der Waals surface area contributed by atoms with Crippen LogP contribution in [0.25, 0.3) is 17.1 Å². The fraction of sp³-hybridized carbons (Fsp3) is 0.276. The summed E-state index contributed by atoms with van der Waals surface area (Å²) in [7, 11) is 0. The molecule has 0 unspecified atom stereocenters. The summed E-state index contributed by atoms with van der Waals surface area (Å²) in [5, 5.41) is 13.5. The minimum absolute atomic E-state index is 0.236. The van der Waals surface area contributed by atoms with Gasteiger partial charge in [0, 0.05) is 17.8 Å². The molecule has 8 nitrogen and oxygen atoms in total. The van der Waals surface area contributed by atoms with Gasteiger partial charge in [0.1, 0.15) is 12.1 Å². The maximum Gasteiger partial charge on any atom is 0.573 e. The molecule has 3 aromatic carbocycles. The van der Waals surface area contributed by atoms with Crippen molar-refractivity contribution < 1.29 is 22.7 Å². The topological polar surface area (TPSA) is 93.1 Å². The number of aromatic nitrogens is 3. The second kappa shape index (κ2) is 13.0. The molecule has 4 rings (SSSR count). The highest BCUT2D eigenvalue weighted by atomic mass is 19.4. The number of nitrogens with one attached hydrogen (secondary N) is 3. The highest BCUT2D eigenvalue weighted by molar-refractivity contribution is 5.74. The van der Waals surface area contributed by atoms with Crippen molar-refractivity contribution in [3.8, 4) is 22.8 Å². The largest absolute Gasteiger partial charge is 0.573 e. The van der Waals surface area contributed by atoms with E-state index < -0.39 is 6.36 Å². The molecule has 1 aromatic heterocycles. The number of nitrogens with zero attached hydrogens (tertiary/aromatic N) is 3. The number of carbonyl (C=O) groups is 1. The Morgan fingerprint density at radius 3 is 2.55 bits per heavy atom. The molecule has 210 valence electrons. The van der Waals surface area contributed by atoms with Crippen molar-refractivity contribution in [2.75, 3.05) is 18.5 Å². The van der Waals surface area contributed by atoms with Crippen LogP contribution in [-0.2, 0) is 12.8 Å². The Morgan fingerprint density at radius 1 is 1.02 bits per heavy atom. The monoisotopic (exact) mass is 552 g/mol. The van der Waals surface area contributed by atoms with Crippen LogP contribution >= 0.6 is 0 Å². The molecule has 1 heterocycles. The molecule has 0 aliphatic carbocycles. The summed E-state index contributed by atoms with van der Waals surface area (Å²) in [4.78, 5) is 16.5. The molecule has 4 aromatic rings. The van der Waals surface area contributed by atoms with Crippen LogP contribution in [0, 0.1) is 6.92 Å². The minimum Gasteiger partial charge on any atom is -0.406 e. The Labute approximate surface area is 230 Å². The number of hydrogen-bond donors (Lipinski definition) is 3. The number of amides is 2. The third-order valence-corrected chi connectivity index (χ3v) is 6.19. The van der Waals surface area contributed by atoms with E-state index in [-0.39, 0.29) is 11.8 Å². The van der Waals surface area contributed by atoms with Gasteiger partial charge in [-0.1, -0.05) is 43.3 Å². The van der Waals surface area contributed by atoms with Gasteiger partial charge in [-0.15, -0.1) is 18.3 Å². The Morgan fingerprint density at radius 2 is 1.80 bits per heavy atom. The van der Waals surface area contributed by atoms with Crippen LogP contribution in [0.15, 0.2) is 73.1 Å². The van der Waals surface area contributed by atoms with E-state index in [2.05, 4.69) is 43.8 Å². The number of urea groups is 1. The van der Waals surface area contributed by atoms with E-state index in [0.29, 0.717) is 24.7 Å². The summed E-state index contributed by atoms with van der Waals surface area (Å²) < 4.78 is 42.5. The first-order valence-electron chi connectivity index (χ1n) is 12.9. The Hall–Kier alpha value is -4.54. The minimum atomic E-state index is -4.74. The molecule has 0 radical (unpaired) electrons. The molecule has 0 aliphatic heterocycles. The summed E-state index contributed by atoms with van der Waals surface area (Å²) in [5.41, 5.74) is 5.83. The van der Waals surface area contributed by atoms with Gasteiger partial charge in [-0.3, -0.25) is 0 Å². The number of anilines is 1. The number of para-hydroxylation sites is 1. The molecule has 11 heteroatoms. The average molecular weight is 553 g/mol. The van der Waals surface area contributed by atoms with Crippen LogP contribution in [0.3, 0.4) is 0 Å². The zero-order valence-corrected chi connectivity index (χ0v) is 22.3. The highest BCUT2D eigenvalue weighted by Gasteiger charge is 2.31. The molecule has 2 amide bonds. The van der Waals surface area contributed by atoms with E-state index in [4.69, 9.17) is 0 Å². The number of benzene rings is 3. The maximum absolute atomic E-state index is 12.4. The molecule has 0 spiro atoms. The Balaban J connectivity index is 1.23. The molecule has 0 saturated carbocycles. The summed E-state index contributed by atoms with van der Waals surface area (Å²) in [5.74, 6) is 0.183. The zero-order valence-electron chi connectivity index (χ0n) is 22.3. The standard InChI is InChI=1S/C29H31F3N6O2/c1-3-22-10-4-7-20(2)26(22)34-18-35-28(39)33-16-6-9-21-8-5-11-23(17-21)27-36-19-38(37-27)24-12-14-25(15-13-24)40-29(30,31)32/h4-5,7-8,10-15,17,19,34H,3,6,9,16,18H2,1-2H3,(H2,33,35,39). The van der Waals surface area contributed by atoms with Gasteiger partial charge in [-0.05, 0) is 73.2 Å². The smallest absolute Gasteiger partial charge is 0.406 e. The molecular formula is C29H31F3N6O2. The lowest BCUT2D eigenvalue weighted by atomic mass is 10.1. The summed E-state index contributed by atoms with van der Waals surface area (Å²) in [6.07, 6.45) is -0.838. The molecule has 0 saturated heterocycles. The first-order chi connectivity index (χ1) is 19.2. The fourth-order valence-corrected chi connectivity index (χ4v) is 4.23. The van der Waals surface area contributed by atoms with Crippen molar-refractivity contribution >= 4 is 11.7 Å². The number of aryl methyl sites for hydroxylation is 3. The normalized spacial score (nSPS) is 11.2. The van der Waals surface area contributed by atoms with Gasteiger partial charge in [0.15, 0.2) is 5.82 Å². The first-order valence-corrected chi connectivity index (χ1v) is 12.9. The van der Waals surface area contributed by atoms with Crippen molar-refractivity contribution in [3.05, 3.63) is 89.7 Å². The third kappa shape index (κ3) is 7.98. The van der Waals surface area contributed by atoms with E-state index >= 15 is 0 Å². The molecule has 0 fully saturated rings. The van der Waals surface area contributed by atoms with Gasteiger partial charge in [0.25, 0.3) is 0 Å².